The van der Waals surface area contributed by atoms with E-state index in [2.05, 4.69) is 42.0 Å². The second kappa shape index (κ2) is 11.3. The Bertz CT molecular complexity index is 1080. The number of rotatable bonds is 9. The molecule has 1 N–H and O–H groups in total. The summed E-state index contributed by atoms with van der Waals surface area (Å²) in [6.45, 7) is 5.68. The minimum Gasteiger partial charge on any atom is -0.467 e. The lowest BCUT2D eigenvalue weighted by molar-refractivity contribution is -0.113. The van der Waals surface area contributed by atoms with E-state index in [0.717, 1.165) is 68.1 Å². The Morgan fingerprint density at radius 1 is 1.06 bits per heavy atom. The number of carbonyl (C=O) groups excluding carboxylic acids is 1. The summed E-state index contributed by atoms with van der Waals surface area (Å²) in [6.07, 6.45) is 4.00. The molecule has 0 atom stereocenters. The van der Waals surface area contributed by atoms with E-state index in [1.54, 1.807) is 6.26 Å². The smallest absolute Gasteiger partial charge is 0.234 e. The maximum Gasteiger partial charge on any atom is 0.234 e. The Labute approximate surface area is 208 Å². The van der Waals surface area contributed by atoms with Gasteiger partial charge in [0.25, 0.3) is 0 Å². The van der Waals surface area contributed by atoms with E-state index in [0.29, 0.717) is 6.54 Å². The molecule has 0 aliphatic carbocycles. The normalized spacial score (nSPS) is 16.8. The van der Waals surface area contributed by atoms with Crippen molar-refractivity contribution in [2.45, 2.75) is 31.1 Å². The summed E-state index contributed by atoms with van der Waals surface area (Å²) in [5.74, 6) is 4.29. The van der Waals surface area contributed by atoms with Crippen LogP contribution in [0.4, 0.5) is 11.6 Å². The van der Waals surface area contributed by atoms with Gasteiger partial charge in [-0.3, -0.25) is 14.3 Å². The van der Waals surface area contributed by atoms with Crippen LogP contribution in [0.1, 0.15) is 24.2 Å². The first-order valence-corrected chi connectivity index (χ1v) is 13.9. The van der Waals surface area contributed by atoms with Gasteiger partial charge < -0.3 is 14.6 Å². The largest absolute Gasteiger partial charge is 0.467 e. The Balaban J connectivity index is 1.21. The molecule has 0 unspecified atom stereocenters. The van der Waals surface area contributed by atoms with E-state index < -0.39 is 0 Å². The molecule has 2 saturated heterocycles. The van der Waals surface area contributed by atoms with E-state index in [-0.39, 0.29) is 11.7 Å². The first-order valence-electron chi connectivity index (χ1n) is 11.8. The molecule has 1 amide bonds. The number of anilines is 2. The fraction of sp³-hybridized carbons (Fsp3) is 0.458. The van der Waals surface area contributed by atoms with Crippen LogP contribution in [0.3, 0.4) is 0 Å². The second-order valence-corrected chi connectivity index (χ2v) is 10.7. The van der Waals surface area contributed by atoms with E-state index >= 15 is 0 Å². The standard InChI is InChI=1S/C24H30N6O2S2/c31-22(25-20-6-3-5-19(15-20)16-28-10-13-33-14-11-28)18-34-24-27-26-23(29-8-1-2-9-29)30(24)17-21-7-4-12-32-21/h3-7,12,15H,1-2,8-11,13-14,16-18H2,(H,25,31). The lowest BCUT2D eigenvalue weighted by Crippen LogP contribution is -2.31. The number of carbonyl (C=O) groups is 1. The minimum absolute atomic E-state index is 0.0493. The van der Waals surface area contributed by atoms with E-state index in [9.17, 15) is 4.79 Å². The molecule has 0 bridgehead atoms. The number of benzene rings is 1. The zero-order valence-corrected chi connectivity index (χ0v) is 20.8. The molecule has 3 aromatic rings. The van der Waals surface area contributed by atoms with Gasteiger partial charge in [0.2, 0.25) is 11.9 Å². The average Bonchev–Trinajstić information content (AvgIpc) is 3.62. The van der Waals surface area contributed by atoms with Crippen LogP contribution in [0, 0.1) is 0 Å². The van der Waals surface area contributed by atoms with Gasteiger partial charge >= 0.3 is 0 Å². The minimum atomic E-state index is -0.0493. The zero-order chi connectivity index (χ0) is 23.2. The van der Waals surface area contributed by atoms with Crippen molar-refractivity contribution in [3.63, 3.8) is 0 Å². The number of hydrogen-bond acceptors (Lipinski definition) is 8. The van der Waals surface area contributed by atoms with E-state index in [1.807, 2.05) is 36.0 Å². The molecular weight excluding hydrogens is 468 g/mol. The number of nitrogens with zero attached hydrogens (tertiary/aromatic N) is 5. The zero-order valence-electron chi connectivity index (χ0n) is 19.2. The summed E-state index contributed by atoms with van der Waals surface area (Å²) in [5.41, 5.74) is 2.06. The molecule has 0 radical (unpaired) electrons. The van der Waals surface area contributed by atoms with Gasteiger partial charge in [-0.15, -0.1) is 10.2 Å². The molecule has 2 aliphatic heterocycles. The third kappa shape index (κ3) is 5.97. The fourth-order valence-corrected chi connectivity index (χ4v) is 6.04. The first-order chi connectivity index (χ1) is 16.7. The molecule has 0 spiro atoms. The molecule has 0 saturated carbocycles. The number of furan rings is 1. The van der Waals surface area contributed by atoms with Crippen molar-refractivity contribution in [1.29, 1.82) is 0 Å². The van der Waals surface area contributed by atoms with Gasteiger partial charge in [-0.25, -0.2) is 0 Å². The number of hydrogen-bond donors (Lipinski definition) is 1. The van der Waals surface area contributed by atoms with Crippen LogP contribution in [0.15, 0.2) is 52.2 Å². The molecule has 1 aromatic carbocycles. The van der Waals surface area contributed by atoms with Crippen molar-refractivity contribution in [2.24, 2.45) is 0 Å². The van der Waals surface area contributed by atoms with Gasteiger partial charge in [-0.1, -0.05) is 23.9 Å². The van der Waals surface area contributed by atoms with Gasteiger partial charge in [-0.2, -0.15) is 11.8 Å². The summed E-state index contributed by atoms with van der Waals surface area (Å²) >= 11 is 3.42. The number of amides is 1. The maximum absolute atomic E-state index is 12.7. The van der Waals surface area contributed by atoms with Crippen molar-refractivity contribution >= 4 is 41.1 Å². The molecule has 2 aromatic heterocycles. The molecule has 2 aliphatic rings. The van der Waals surface area contributed by atoms with Crippen LogP contribution in [0.5, 0.6) is 0 Å². The monoisotopic (exact) mass is 498 g/mol. The summed E-state index contributed by atoms with van der Waals surface area (Å²) in [4.78, 5) is 17.5. The Morgan fingerprint density at radius 2 is 1.91 bits per heavy atom. The quantitative estimate of drug-likeness (QED) is 0.447. The number of thioether (sulfide) groups is 2. The fourth-order valence-electron chi connectivity index (χ4n) is 4.33. The Kier molecular flexibility index (Phi) is 7.77. The molecule has 2 fully saturated rings. The predicted octanol–water partition coefficient (Wildman–Crippen LogP) is 3.80. The third-order valence-corrected chi connectivity index (χ3v) is 7.94. The molecule has 180 valence electrons. The highest BCUT2D eigenvalue weighted by Gasteiger charge is 2.22. The summed E-state index contributed by atoms with van der Waals surface area (Å²) in [7, 11) is 0. The Hall–Kier alpha value is -2.43. The first kappa shape index (κ1) is 23.3. The second-order valence-electron chi connectivity index (χ2n) is 8.57. The molecular formula is C24H30N6O2S2. The highest BCUT2D eigenvalue weighted by molar-refractivity contribution is 7.99. The molecule has 5 rings (SSSR count). The van der Waals surface area contributed by atoms with Crippen LogP contribution in [-0.4, -0.2) is 69.0 Å². The van der Waals surface area contributed by atoms with Gasteiger partial charge in [0.15, 0.2) is 5.16 Å². The van der Waals surface area contributed by atoms with Crippen molar-refractivity contribution in [2.75, 3.05) is 53.7 Å². The highest BCUT2D eigenvalue weighted by Crippen LogP contribution is 2.26. The maximum atomic E-state index is 12.7. The van der Waals surface area contributed by atoms with Gasteiger partial charge in [0.1, 0.15) is 5.76 Å². The van der Waals surface area contributed by atoms with Crippen molar-refractivity contribution in [3.8, 4) is 0 Å². The Morgan fingerprint density at radius 3 is 2.71 bits per heavy atom. The summed E-state index contributed by atoms with van der Waals surface area (Å²) in [5, 5.41) is 12.6. The van der Waals surface area contributed by atoms with Crippen LogP contribution < -0.4 is 10.2 Å². The van der Waals surface area contributed by atoms with E-state index in [4.69, 9.17) is 4.42 Å². The average molecular weight is 499 g/mol. The summed E-state index contributed by atoms with van der Waals surface area (Å²) < 4.78 is 7.62. The topological polar surface area (TPSA) is 79.4 Å². The lowest BCUT2D eigenvalue weighted by Gasteiger charge is -2.26. The third-order valence-electron chi connectivity index (χ3n) is 6.03. The van der Waals surface area contributed by atoms with Crippen molar-refractivity contribution in [1.82, 2.24) is 19.7 Å². The van der Waals surface area contributed by atoms with Crippen molar-refractivity contribution < 1.29 is 9.21 Å². The number of aromatic nitrogens is 3. The van der Waals surface area contributed by atoms with Crippen LogP contribution in [-0.2, 0) is 17.9 Å². The summed E-state index contributed by atoms with van der Waals surface area (Å²) in [6, 6.07) is 12.0. The SMILES string of the molecule is O=C(CSc1nnc(N2CCCC2)n1Cc1ccco1)Nc1cccc(CN2CCSCC2)c1. The van der Waals surface area contributed by atoms with E-state index in [1.165, 1.54) is 28.8 Å². The van der Waals surface area contributed by atoms with Crippen LogP contribution in [0.25, 0.3) is 0 Å². The van der Waals surface area contributed by atoms with Crippen molar-refractivity contribution in [3.05, 3.63) is 54.0 Å². The molecule has 10 heteroatoms. The molecule has 4 heterocycles. The number of nitrogens with one attached hydrogen (secondary N) is 1. The molecule has 8 nitrogen and oxygen atoms in total. The van der Waals surface area contributed by atoms with Crippen LogP contribution >= 0.6 is 23.5 Å². The van der Waals surface area contributed by atoms with Gasteiger partial charge in [0.05, 0.1) is 18.6 Å². The highest BCUT2D eigenvalue weighted by atomic mass is 32.2. The lowest BCUT2D eigenvalue weighted by atomic mass is 10.2. The molecule has 34 heavy (non-hydrogen) atoms. The van der Waals surface area contributed by atoms with Crippen LogP contribution in [0.2, 0.25) is 0 Å². The van der Waals surface area contributed by atoms with Gasteiger partial charge in [-0.05, 0) is 42.7 Å². The predicted molar refractivity (Wildman–Crippen MR) is 138 cm³/mol. The van der Waals surface area contributed by atoms with Gasteiger partial charge in [0, 0.05) is 49.9 Å².